The molecule has 0 amide bonds. The SMILES string of the molecule is Oc1cc(OCCCCN2CCN(c3cccc(Cl)c3Cl)CC2)cc(O)c1O. The van der Waals surface area contributed by atoms with Crippen LogP contribution in [0.15, 0.2) is 30.3 Å². The minimum atomic E-state index is -0.537. The van der Waals surface area contributed by atoms with Gasteiger partial charge in [-0.25, -0.2) is 0 Å². The molecule has 6 nitrogen and oxygen atoms in total. The first-order valence-electron chi connectivity index (χ1n) is 9.25. The molecule has 1 fully saturated rings. The number of unbranched alkanes of at least 4 members (excludes halogenated alkanes) is 1. The molecule has 152 valence electrons. The van der Waals surface area contributed by atoms with Gasteiger partial charge < -0.3 is 25.0 Å². The van der Waals surface area contributed by atoms with Crippen molar-refractivity contribution in [2.24, 2.45) is 0 Å². The summed E-state index contributed by atoms with van der Waals surface area (Å²) >= 11 is 12.4. The van der Waals surface area contributed by atoms with E-state index in [0.717, 1.165) is 51.3 Å². The third kappa shape index (κ3) is 5.07. The van der Waals surface area contributed by atoms with Crippen LogP contribution in [0, 0.1) is 0 Å². The van der Waals surface area contributed by atoms with Crippen molar-refractivity contribution in [3.05, 3.63) is 40.4 Å². The van der Waals surface area contributed by atoms with Crippen LogP contribution in [0.2, 0.25) is 10.0 Å². The van der Waals surface area contributed by atoms with E-state index < -0.39 is 17.2 Å². The number of piperazine rings is 1. The van der Waals surface area contributed by atoms with Crippen LogP contribution in [0.1, 0.15) is 12.8 Å². The molecule has 0 aromatic heterocycles. The van der Waals surface area contributed by atoms with E-state index in [2.05, 4.69) is 9.80 Å². The monoisotopic (exact) mass is 426 g/mol. The van der Waals surface area contributed by atoms with Crippen LogP contribution in [0.25, 0.3) is 0 Å². The Morgan fingerprint density at radius 3 is 2.29 bits per heavy atom. The fraction of sp³-hybridized carbons (Fsp3) is 0.400. The van der Waals surface area contributed by atoms with Gasteiger partial charge in [0.1, 0.15) is 5.75 Å². The van der Waals surface area contributed by atoms with Crippen molar-refractivity contribution in [2.75, 3.05) is 44.2 Å². The Balaban J connectivity index is 1.36. The molecule has 28 heavy (non-hydrogen) atoms. The summed E-state index contributed by atoms with van der Waals surface area (Å²) in [6.45, 7) is 5.19. The summed E-state index contributed by atoms with van der Waals surface area (Å²) in [5, 5.41) is 29.5. The van der Waals surface area contributed by atoms with E-state index in [-0.39, 0.29) is 0 Å². The van der Waals surface area contributed by atoms with Gasteiger partial charge in [-0.15, -0.1) is 0 Å². The van der Waals surface area contributed by atoms with Gasteiger partial charge in [0.15, 0.2) is 11.5 Å². The average molecular weight is 427 g/mol. The first-order chi connectivity index (χ1) is 13.5. The van der Waals surface area contributed by atoms with Gasteiger partial charge in [0.05, 0.1) is 22.3 Å². The third-order valence-corrected chi connectivity index (χ3v) is 5.63. The van der Waals surface area contributed by atoms with Crippen LogP contribution < -0.4 is 9.64 Å². The molecule has 0 bridgehead atoms. The Hall–Kier alpha value is -2.02. The average Bonchev–Trinajstić information content (AvgIpc) is 2.68. The van der Waals surface area contributed by atoms with Crippen molar-refractivity contribution < 1.29 is 20.1 Å². The van der Waals surface area contributed by atoms with Crippen LogP contribution in [-0.4, -0.2) is 59.6 Å². The van der Waals surface area contributed by atoms with E-state index in [4.69, 9.17) is 27.9 Å². The number of aromatic hydroxyl groups is 3. The molecule has 1 heterocycles. The minimum Gasteiger partial charge on any atom is -0.504 e. The first kappa shape index (κ1) is 20.7. The molecule has 8 heteroatoms. The Bertz CT molecular complexity index is 788. The molecule has 3 rings (SSSR count). The van der Waals surface area contributed by atoms with E-state index in [1.54, 1.807) is 6.07 Å². The smallest absolute Gasteiger partial charge is 0.200 e. The van der Waals surface area contributed by atoms with Gasteiger partial charge in [-0.05, 0) is 31.5 Å². The summed E-state index contributed by atoms with van der Waals surface area (Å²) in [5.41, 5.74) is 0.989. The Labute approximate surface area is 174 Å². The highest BCUT2D eigenvalue weighted by Crippen LogP contribution is 2.38. The fourth-order valence-corrected chi connectivity index (χ4v) is 3.65. The Kier molecular flexibility index (Phi) is 6.99. The molecular weight excluding hydrogens is 403 g/mol. The highest BCUT2D eigenvalue weighted by Gasteiger charge is 2.19. The summed E-state index contributed by atoms with van der Waals surface area (Å²) in [6.07, 6.45) is 1.83. The quantitative estimate of drug-likeness (QED) is 0.457. The molecule has 2 aromatic rings. The van der Waals surface area contributed by atoms with Gasteiger partial charge in [-0.2, -0.15) is 0 Å². The highest BCUT2D eigenvalue weighted by atomic mass is 35.5. The van der Waals surface area contributed by atoms with Gasteiger partial charge in [0.25, 0.3) is 0 Å². The van der Waals surface area contributed by atoms with Gasteiger partial charge in [0.2, 0.25) is 5.75 Å². The standard InChI is InChI=1S/C20H24Cl2N2O4/c21-15-4-3-5-16(19(15)22)24-9-7-23(8-10-24)6-1-2-11-28-14-12-17(25)20(27)18(26)13-14/h3-5,12-13,25-27H,1-2,6-11H2. The molecule has 0 saturated carbocycles. The number of ether oxygens (including phenoxy) is 1. The van der Waals surface area contributed by atoms with E-state index in [1.165, 1.54) is 12.1 Å². The molecule has 3 N–H and O–H groups in total. The van der Waals surface area contributed by atoms with Gasteiger partial charge in [0, 0.05) is 38.3 Å². The Morgan fingerprint density at radius 2 is 1.61 bits per heavy atom. The van der Waals surface area contributed by atoms with Crippen LogP contribution in [0.3, 0.4) is 0 Å². The number of halogens is 2. The molecule has 0 spiro atoms. The number of phenolic OH excluding ortho intramolecular Hbond substituents is 3. The van der Waals surface area contributed by atoms with E-state index in [9.17, 15) is 15.3 Å². The summed E-state index contributed by atoms with van der Waals surface area (Å²) < 4.78 is 5.53. The second-order valence-corrected chi connectivity index (χ2v) is 7.55. The predicted molar refractivity (Wildman–Crippen MR) is 111 cm³/mol. The van der Waals surface area contributed by atoms with Gasteiger partial charge >= 0.3 is 0 Å². The number of benzene rings is 2. The maximum absolute atomic E-state index is 9.47. The summed E-state index contributed by atoms with van der Waals surface area (Å²) in [5.74, 6) is -0.995. The van der Waals surface area contributed by atoms with Crippen LogP contribution in [0.5, 0.6) is 23.0 Å². The van der Waals surface area contributed by atoms with Crippen LogP contribution in [-0.2, 0) is 0 Å². The zero-order chi connectivity index (χ0) is 20.1. The molecule has 0 radical (unpaired) electrons. The van der Waals surface area contributed by atoms with Crippen molar-refractivity contribution in [2.45, 2.75) is 12.8 Å². The van der Waals surface area contributed by atoms with Gasteiger partial charge in [-0.1, -0.05) is 29.3 Å². The minimum absolute atomic E-state index is 0.333. The summed E-state index contributed by atoms with van der Waals surface area (Å²) in [7, 11) is 0. The zero-order valence-electron chi connectivity index (χ0n) is 15.4. The van der Waals surface area contributed by atoms with Crippen molar-refractivity contribution in [1.82, 2.24) is 4.90 Å². The number of hydrogen-bond acceptors (Lipinski definition) is 6. The molecule has 0 atom stereocenters. The van der Waals surface area contributed by atoms with Crippen LogP contribution in [0.4, 0.5) is 5.69 Å². The van der Waals surface area contributed by atoms with Crippen molar-refractivity contribution in [1.29, 1.82) is 0 Å². The fourth-order valence-electron chi connectivity index (χ4n) is 3.24. The Morgan fingerprint density at radius 1 is 0.929 bits per heavy atom. The molecule has 0 unspecified atom stereocenters. The lowest BCUT2D eigenvalue weighted by Crippen LogP contribution is -2.46. The van der Waals surface area contributed by atoms with Crippen molar-refractivity contribution in [3.63, 3.8) is 0 Å². The van der Waals surface area contributed by atoms with Crippen molar-refractivity contribution >= 4 is 28.9 Å². The normalized spacial score (nSPS) is 15.0. The third-order valence-electron chi connectivity index (χ3n) is 4.82. The van der Waals surface area contributed by atoms with E-state index in [1.807, 2.05) is 12.1 Å². The zero-order valence-corrected chi connectivity index (χ0v) is 17.0. The molecule has 0 aliphatic carbocycles. The number of rotatable bonds is 7. The number of phenols is 3. The number of nitrogens with zero attached hydrogens (tertiary/aromatic N) is 2. The number of anilines is 1. The lowest BCUT2D eigenvalue weighted by Gasteiger charge is -2.36. The second-order valence-electron chi connectivity index (χ2n) is 6.77. The first-order valence-corrected chi connectivity index (χ1v) is 10.0. The molecule has 1 aliphatic rings. The maximum atomic E-state index is 9.47. The van der Waals surface area contributed by atoms with Crippen LogP contribution >= 0.6 is 23.2 Å². The number of hydrogen-bond donors (Lipinski definition) is 3. The van der Waals surface area contributed by atoms with E-state index >= 15 is 0 Å². The maximum Gasteiger partial charge on any atom is 0.200 e. The topological polar surface area (TPSA) is 76.4 Å². The lowest BCUT2D eigenvalue weighted by molar-refractivity contribution is 0.238. The molecular formula is C20H24Cl2N2O4. The largest absolute Gasteiger partial charge is 0.504 e. The summed E-state index contributed by atoms with van der Waals surface area (Å²) in [6, 6.07) is 8.29. The summed E-state index contributed by atoms with van der Waals surface area (Å²) in [4.78, 5) is 4.67. The molecule has 1 aliphatic heterocycles. The van der Waals surface area contributed by atoms with E-state index in [0.29, 0.717) is 22.4 Å². The van der Waals surface area contributed by atoms with Crippen molar-refractivity contribution in [3.8, 4) is 23.0 Å². The highest BCUT2D eigenvalue weighted by molar-refractivity contribution is 6.43. The molecule has 1 saturated heterocycles. The van der Waals surface area contributed by atoms with Gasteiger partial charge in [-0.3, -0.25) is 4.90 Å². The second kappa shape index (κ2) is 9.45. The lowest BCUT2D eigenvalue weighted by atomic mass is 10.2. The predicted octanol–water partition coefficient (Wildman–Crippen LogP) is 4.09. The molecule has 2 aromatic carbocycles.